The van der Waals surface area contributed by atoms with Gasteiger partial charge < -0.3 is 25.2 Å². The van der Waals surface area contributed by atoms with Crippen LogP contribution in [-0.4, -0.2) is 65.3 Å². The predicted octanol–water partition coefficient (Wildman–Crippen LogP) is -0.637. The fraction of sp³-hybridized carbons (Fsp3) is 0.538. The van der Waals surface area contributed by atoms with Gasteiger partial charge in [0, 0.05) is 26.5 Å². The van der Waals surface area contributed by atoms with E-state index in [4.69, 9.17) is 15.4 Å². The molecule has 0 aromatic heterocycles. The van der Waals surface area contributed by atoms with Crippen molar-refractivity contribution in [3.05, 3.63) is 24.8 Å². The topological polar surface area (TPSA) is 91.6 Å². The number of rotatable bonds is 6. The quantitative estimate of drug-likeness (QED) is 0.687. The van der Waals surface area contributed by atoms with E-state index in [0.717, 1.165) is 0 Å². The highest BCUT2D eigenvalue weighted by molar-refractivity contribution is 5.76. The van der Waals surface area contributed by atoms with Gasteiger partial charge in [0.1, 0.15) is 19.4 Å². The van der Waals surface area contributed by atoms with E-state index in [0.29, 0.717) is 13.3 Å². The van der Waals surface area contributed by atoms with Crippen LogP contribution < -0.4 is 5.73 Å². The molecule has 2 aliphatic heterocycles. The van der Waals surface area contributed by atoms with Crippen LogP contribution in [0.5, 0.6) is 0 Å². The molecular weight excluding hydrogens is 290 g/mol. The SMILES string of the molecule is CN1C=CN(OC(=O)CC[C@H](N)C(=O)ON2C=CN(C)C2)C1. The molecule has 2 rings (SSSR count). The maximum atomic E-state index is 11.8. The lowest BCUT2D eigenvalue weighted by Gasteiger charge is -2.19. The fourth-order valence-corrected chi connectivity index (χ4v) is 1.87. The number of hydrogen-bond donors (Lipinski definition) is 1. The molecule has 2 heterocycles. The van der Waals surface area contributed by atoms with Crippen molar-refractivity contribution in [3.8, 4) is 0 Å². The molecule has 0 saturated carbocycles. The van der Waals surface area contributed by atoms with Gasteiger partial charge in [-0.3, -0.25) is 0 Å². The van der Waals surface area contributed by atoms with Crippen LogP contribution in [0.4, 0.5) is 0 Å². The predicted molar refractivity (Wildman–Crippen MR) is 76.6 cm³/mol. The van der Waals surface area contributed by atoms with Crippen molar-refractivity contribution in [2.75, 3.05) is 27.4 Å². The summed E-state index contributed by atoms with van der Waals surface area (Å²) in [6, 6.07) is -0.872. The zero-order valence-electron chi connectivity index (χ0n) is 12.7. The van der Waals surface area contributed by atoms with E-state index in [2.05, 4.69) is 0 Å². The zero-order chi connectivity index (χ0) is 16.1. The Labute approximate surface area is 129 Å². The molecule has 2 aliphatic rings. The number of hydrogen-bond acceptors (Lipinski definition) is 9. The van der Waals surface area contributed by atoms with Crippen molar-refractivity contribution >= 4 is 11.9 Å². The number of nitrogens with zero attached hydrogens (tertiary/aromatic N) is 4. The maximum absolute atomic E-state index is 11.8. The molecule has 122 valence electrons. The minimum absolute atomic E-state index is 0.0417. The molecule has 0 aromatic rings. The average molecular weight is 311 g/mol. The Morgan fingerprint density at radius 1 is 1.05 bits per heavy atom. The molecule has 9 nitrogen and oxygen atoms in total. The summed E-state index contributed by atoms with van der Waals surface area (Å²) in [6.07, 6.45) is 7.06. The third kappa shape index (κ3) is 4.55. The minimum atomic E-state index is -0.872. The molecule has 1 atom stereocenters. The Kier molecular flexibility index (Phi) is 5.10. The number of carbonyl (C=O) groups is 2. The lowest BCUT2D eigenvalue weighted by atomic mass is 10.2. The second-order valence-corrected chi connectivity index (χ2v) is 5.25. The summed E-state index contributed by atoms with van der Waals surface area (Å²) >= 11 is 0. The third-order valence-corrected chi connectivity index (χ3v) is 3.09. The molecule has 0 unspecified atom stereocenters. The summed E-state index contributed by atoms with van der Waals surface area (Å²) in [7, 11) is 3.71. The third-order valence-electron chi connectivity index (χ3n) is 3.09. The van der Waals surface area contributed by atoms with Gasteiger partial charge in [0.05, 0.1) is 18.8 Å². The van der Waals surface area contributed by atoms with Crippen LogP contribution >= 0.6 is 0 Å². The first kappa shape index (κ1) is 16.0. The highest BCUT2D eigenvalue weighted by Crippen LogP contribution is 2.09. The molecule has 0 amide bonds. The first-order valence-corrected chi connectivity index (χ1v) is 6.92. The molecular formula is C13H21N5O4. The van der Waals surface area contributed by atoms with Crippen molar-refractivity contribution < 1.29 is 19.3 Å². The van der Waals surface area contributed by atoms with Gasteiger partial charge in [0.25, 0.3) is 0 Å². The van der Waals surface area contributed by atoms with E-state index in [9.17, 15) is 9.59 Å². The van der Waals surface area contributed by atoms with Crippen molar-refractivity contribution in [2.45, 2.75) is 18.9 Å². The van der Waals surface area contributed by atoms with E-state index in [1.54, 1.807) is 24.8 Å². The summed E-state index contributed by atoms with van der Waals surface area (Å²) in [5.41, 5.74) is 5.73. The summed E-state index contributed by atoms with van der Waals surface area (Å²) < 4.78 is 0. The van der Waals surface area contributed by atoms with Crippen LogP contribution in [0.1, 0.15) is 12.8 Å². The zero-order valence-corrected chi connectivity index (χ0v) is 12.7. The van der Waals surface area contributed by atoms with Gasteiger partial charge in [-0.15, -0.1) is 0 Å². The van der Waals surface area contributed by atoms with Crippen LogP contribution in [0.2, 0.25) is 0 Å². The highest BCUT2D eigenvalue weighted by Gasteiger charge is 2.22. The van der Waals surface area contributed by atoms with E-state index < -0.39 is 18.0 Å². The molecule has 0 bridgehead atoms. The number of nitrogens with two attached hydrogens (primary N) is 1. The van der Waals surface area contributed by atoms with Gasteiger partial charge in [-0.25, -0.2) is 9.59 Å². The lowest BCUT2D eigenvalue weighted by Crippen LogP contribution is -2.37. The van der Waals surface area contributed by atoms with Crippen LogP contribution in [0.25, 0.3) is 0 Å². The van der Waals surface area contributed by atoms with Crippen LogP contribution in [0, 0.1) is 0 Å². The Morgan fingerprint density at radius 3 is 2.09 bits per heavy atom. The summed E-state index contributed by atoms with van der Waals surface area (Å²) in [5, 5.41) is 2.79. The van der Waals surface area contributed by atoms with Crippen molar-refractivity contribution in [2.24, 2.45) is 5.73 Å². The molecule has 2 N–H and O–H groups in total. The van der Waals surface area contributed by atoms with E-state index in [1.165, 1.54) is 10.1 Å². The molecule has 0 aliphatic carbocycles. The normalized spacial score (nSPS) is 18.1. The molecule has 9 heteroatoms. The summed E-state index contributed by atoms with van der Waals surface area (Å²) in [6.45, 7) is 0.934. The standard InChI is InChI=1S/C13H21N5O4/c1-15-5-7-17(9-15)21-12(19)4-3-11(14)13(20)22-18-8-6-16(2)10-18/h5-8,11H,3-4,9-10,14H2,1-2H3/t11-/m0/s1. The fourth-order valence-electron chi connectivity index (χ4n) is 1.87. The second-order valence-electron chi connectivity index (χ2n) is 5.25. The Balaban J connectivity index is 1.65. The van der Waals surface area contributed by atoms with Crippen molar-refractivity contribution in [1.82, 2.24) is 19.9 Å². The van der Waals surface area contributed by atoms with Crippen LogP contribution in [-0.2, 0) is 19.3 Å². The smallest absolute Gasteiger partial charge is 0.348 e. The summed E-state index contributed by atoms with van der Waals surface area (Å²) in [4.78, 5) is 37.3. The molecule has 0 radical (unpaired) electrons. The van der Waals surface area contributed by atoms with E-state index in [-0.39, 0.29) is 12.8 Å². The van der Waals surface area contributed by atoms with Crippen molar-refractivity contribution in [1.29, 1.82) is 0 Å². The molecule has 0 fully saturated rings. The monoisotopic (exact) mass is 311 g/mol. The van der Waals surface area contributed by atoms with Gasteiger partial charge in [-0.1, -0.05) is 0 Å². The second kappa shape index (κ2) is 7.03. The van der Waals surface area contributed by atoms with Crippen LogP contribution in [0.3, 0.4) is 0 Å². The van der Waals surface area contributed by atoms with E-state index in [1.807, 2.05) is 23.9 Å². The van der Waals surface area contributed by atoms with Gasteiger partial charge in [0.15, 0.2) is 0 Å². The molecule has 0 aromatic carbocycles. The van der Waals surface area contributed by atoms with Gasteiger partial charge >= 0.3 is 11.9 Å². The van der Waals surface area contributed by atoms with Crippen LogP contribution in [0.15, 0.2) is 24.8 Å². The molecule has 0 saturated heterocycles. The van der Waals surface area contributed by atoms with E-state index >= 15 is 0 Å². The maximum Gasteiger partial charge on any atom is 0.348 e. The first-order chi connectivity index (χ1) is 10.4. The average Bonchev–Trinajstić information content (AvgIpc) is 3.05. The Morgan fingerprint density at radius 2 is 1.59 bits per heavy atom. The van der Waals surface area contributed by atoms with Gasteiger partial charge in [0.2, 0.25) is 0 Å². The molecule has 0 spiro atoms. The first-order valence-electron chi connectivity index (χ1n) is 6.92. The van der Waals surface area contributed by atoms with Gasteiger partial charge in [-0.05, 0) is 6.42 Å². The number of hydroxylamine groups is 4. The van der Waals surface area contributed by atoms with Crippen molar-refractivity contribution in [3.63, 3.8) is 0 Å². The highest BCUT2D eigenvalue weighted by atomic mass is 16.7. The Bertz CT molecular complexity index is 481. The largest absolute Gasteiger partial charge is 0.359 e. The minimum Gasteiger partial charge on any atom is -0.359 e. The molecule has 22 heavy (non-hydrogen) atoms. The Hall–Kier alpha value is -2.42. The van der Waals surface area contributed by atoms with Gasteiger partial charge in [-0.2, -0.15) is 10.1 Å². The number of carbonyl (C=O) groups excluding carboxylic acids is 2. The lowest BCUT2D eigenvalue weighted by molar-refractivity contribution is -0.183. The summed E-state index contributed by atoms with van der Waals surface area (Å²) in [5.74, 6) is -1.02.